The van der Waals surface area contributed by atoms with Crippen molar-refractivity contribution in [2.75, 3.05) is 12.8 Å². The standard InChI is InChI=1S/C14H16N2OS/c1-16(9-11-6-7-18-10-11)14(17)8-12-4-2-3-5-13(12)15/h2-7,10H,8-9,15H2,1H3. The Labute approximate surface area is 111 Å². The van der Waals surface area contributed by atoms with Gasteiger partial charge in [0, 0.05) is 19.3 Å². The van der Waals surface area contributed by atoms with Crippen molar-refractivity contribution in [3.63, 3.8) is 0 Å². The van der Waals surface area contributed by atoms with Crippen LogP contribution in [0.15, 0.2) is 41.1 Å². The predicted molar refractivity (Wildman–Crippen MR) is 75.4 cm³/mol. The van der Waals surface area contributed by atoms with E-state index in [1.807, 2.05) is 42.8 Å². The van der Waals surface area contributed by atoms with Crippen molar-refractivity contribution >= 4 is 22.9 Å². The van der Waals surface area contributed by atoms with Gasteiger partial charge in [-0.15, -0.1) is 0 Å². The van der Waals surface area contributed by atoms with Gasteiger partial charge in [0.05, 0.1) is 6.42 Å². The van der Waals surface area contributed by atoms with Crippen LogP contribution in [0.25, 0.3) is 0 Å². The summed E-state index contributed by atoms with van der Waals surface area (Å²) in [5, 5.41) is 4.07. The van der Waals surface area contributed by atoms with Gasteiger partial charge in [-0.25, -0.2) is 0 Å². The summed E-state index contributed by atoms with van der Waals surface area (Å²) in [5.74, 6) is 0.0825. The zero-order chi connectivity index (χ0) is 13.0. The Morgan fingerprint density at radius 2 is 2.11 bits per heavy atom. The van der Waals surface area contributed by atoms with Crippen molar-refractivity contribution in [2.45, 2.75) is 13.0 Å². The van der Waals surface area contributed by atoms with Crippen molar-refractivity contribution in [3.05, 3.63) is 52.2 Å². The number of anilines is 1. The third-order valence-corrected chi connectivity index (χ3v) is 3.55. The molecule has 2 rings (SSSR count). The number of carbonyl (C=O) groups is 1. The van der Waals surface area contributed by atoms with Gasteiger partial charge in [0.15, 0.2) is 0 Å². The number of likely N-dealkylation sites (N-methyl/N-ethyl adjacent to an activating group) is 1. The quantitative estimate of drug-likeness (QED) is 0.859. The van der Waals surface area contributed by atoms with E-state index in [1.54, 1.807) is 16.2 Å². The Bertz CT molecular complexity index is 522. The van der Waals surface area contributed by atoms with Crippen LogP contribution >= 0.6 is 11.3 Å². The Morgan fingerprint density at radius 3 is 2.78 bits per heavy atom. The monoisotopic (exact) mass is 260 g/mol. The van der Waals surface area contributed by atoms with Crippen molar-refractivity contribution in [2.24, 2.45) is 0 Å². The summed E-state index contributed by atoms with van der Waals surface area (Å²) >= 11 is 1.64. The van der Waals surface area contributed by atoms with Gasteiger partial charge in [-0.3, -0.25) is 4.79 Å². The first-order chi connectivity index (χ1) is 8.66. The van der Waals surface area contributed by atoms with E-state index in [9.17, 15) is 4.79 Å². The second-order valence-electron chi connectivity index (χ2n) is 4.26. The minimum Gasteiger partial charge on any atom is -0.398 e. The van der Waals surface area contributed by atoms with Gasteiger partial charge in [0.2, 0.25) is 5.91 Å². The van der Waals surface area contributed by atoms with Crippen LogP contribution in [0.2, 0.25) is 0 Å². The van der Waals surface area contributed by atoms with Gasteiger partial charge in [-0.1, -0.05) is 18.2 Å². The van der Waals surface area contributed by atoms with E-state index in [4.69, 9.17) is 5.73 Å². The molecule has 0 fully saturated rings. The minimum absolute atomic E-state index is 0.0825. The highest BCUT2D eigenvalue weighted by Gasteiger charge is 2.11. The number of amides is 1. The second-order valence-corrected chi connectivity index (χ2v) is 5.04. The molecule has 0 radical (unpaired) electrons. The maximum Gasteiger partial charge on any atom is 0.227 e. The third kappa shape index (κ3) is 3.11. The van der Waals surface area contributed by atoms with Crippen LogP contribution in [0.5, 0.6) is 0 Å². The molecule has 1 heterocycles. The molecule has 1 aromatic heterocycles. The normalized spacial score (nSPS) is 10.3. The Morgan fingerprint density at radius 1 is 1.33 bits per heavy atom. The molecular formula is C14H16N2OS. The van der Waals surface area contributed by atoms with Crippen LogP contribution in [0.3, 0.4) is 0 Å². The largest absolute Gasteiger partial charge is 0.398 e. The lowest BCUT2D eigenvalue weighted by molar-refractivity contribution is -0.129. The number of rotatable bonds is 4. The Hall–Kier alpha value is -1.81. The third-order valence-electron chi connectivity index (χ3n) is 2.82. The van der Waals surface area contributed by atoms with E-state index in [1.165, 1.54) is 0 Å². The van der Waals surface area contributed by atoms with Crippen LogP contribution in [0.1, 0.15) is 11.1 Å². The maximum atomic E-state index is 12.1. The molecule has 0 aliphatic carbocycles. The fourth-order valence-electron chi connectivity index (χ4n) is 1.74. The molecule has 18 heavy (non-hydrogen) atoms. The number of hydrogen-bond acceptors (Lipinski definition) is 3. The molecule has 3 nitrogen and oxygen atoms in total. The predicted octanol–water partition coefficient (Wildman–Crippen LogP) is 2.53. The average Bonchev–Trinajstić information content (AvgIpc) is 2.84. The van der Waals surface area contributed by atoms with E-state index >= 15 is 0 Å². The molecule has 1 aromatic carbocycles. The highest BCUT2D eigenvalue weighted by molar-refractivity contribution is 7.07. The lowest BCUT2D eigenvalue weighted by Crippen LogP contribution is -2.27. The molecule has 0 saturated heterocycles. The summed E-state index contributed by atoms with van der Waals surface area (Å²) < 4.78 is 0. The molecule has 0 bridgehead atoms. The van der Waals surface area contributed by atoms with E-state index in [2.05, 4.69) is 5.38 Å². The van der Waals surface area contributed by atoms with E-state index < -0.39 is 0 Å². The molecule has 2 N–H and O–H groups in total. The fraction of sp³-hybridized carbons (Fsp3) is 0.214. The van der Waals surface area contributed by atoms with Crippen molar-refractivity contribution in [1.82, 2.24) is 4.90 Å². The molecule has 0 saturated carbocycles. The summed E-state index contributed by atoms with van der Waals surface area (Å²) in [4.78, 5) is 13.8. The summed E-state index contributed by atoms with van der Waals surface area (Å²) in [6.07, 6.45) is 0.354. The van der Waals surface area contributed by atoms with E-state index in [0.29, 0.717) is 18.7 Å². The molecule has 0 unspecified atom stereocenters. The summed E-state index contributed by atoms with van der Waals surface area (Å²) in [7, 11) is 1.82. The number of benzene rings is 1. The fourth-order valence-corrected chi connectivity index (χ4v) is 2.40. The highest BCUT2D eigenvalue weighted by Crippen LogP contribution is 2.13. The molecule has 0 atom stereocenters. The number of para-hydroxylation sites is 1. The number of carbonyl (C=O) groups excluding carboxylic acids is 1. The van der Waals surface area contributed by atoms with Crippen LogP contribution in [-0.2, 0) is 17.8 Å². The van der Waals surface area contributed by atoms with Crippen LogP contribution in [-0.4, -0.2) is 17.9 Å². The average molecular weight is 260 g/mol. The lowest BCUT2D eigenvalue weighted by Gasteiger charge is -2.17. The molecule has 2 aromatic rings. The van der Waals surface area contributed by atoms with Crippen LogP contribution in [0, 0.1) is 0 Å². The summed E-state index contributed by atoms with van der Waals surface area (Å²) in [6.45, 7) is 0.648. The van der Waals surface area contributed by atoms with Gasteiger partial charge >= 0.3 is 0 Å². The molecule has 94 valence electrons. The molecule has 0 aliphatic rings. The minimum atomic E-state index is 0.0825. The van der Waals surface area contributed by atoms with Crippen molar-refractivity contribution < 1.29 is 4.79 Å². The number of thiophene rings is 1. The van der Waals surface area contributed by atoms with Gasteiger partial charge < -0.3 is 10.6 Å². The molecule has 1 amide bonds. The molecule has 4 heteroatoms. The first kappa shape index (κ1) is 12.6. The van der Waals surface area contributed by atoms with Gasteiger partial charge in [0.25, 0.3) is 0 Å². The SMILES string of the molecule is CN(Cc1ccsc1)C(=O)Cc1ccccc1N. The van der Waals surface area contributed by atoms with Crippen molar-refractivity contribution in [1.29, 1.82) is 0 Å². The van der Waals surface area contributed by atoms with Gasteiger partial charge in [0.1, 0.15) is 0 Å². The number of nitrogen functional groups attached to an aromatic ring is 1. The zero-order valence-electron chi connectivity index (χ0n) is 10.3. The lowest BCUT2D eigenvalue weighted by atomic mass is 10.1. The molecule has 0 aliphatic heterocycles. The van der Waals surface area contributed by atoms with Crippen LogP contribution < -0.4 is 5.73 Å². The number of nitrogens with zero attached hydrogens (tertiary/aromatic N) is 1. The first-order valence-corrected chi connectivity index (χ1v) is 6.69. The number of nitrogens with two attached hydrogens (primary N) is 1. The topological polar surface area (TPSA) is 46.3 Å². The summed E-state index contributed by atoms with van der Waals surface area (Å²) in [5.41, 5.74) is 8.56. The van der Waals surface area contributed by atoms with E-state index in [-0.39, 0.29) is 5.91 Å². The first-order valence-electron chi connectivity index (χ1n) is 5.75. The number of hydrogen-bond donors (Lipinski definition) is 1. The van der Waals surface area contributed by atoms with Crippen LogP contribution in [0.4, 0.5) is 5.69 Å². The smallest absolute Gasteiger partial charge is 0.227 e. The molecular weight excluding hydrogens is 244 g/mol. The summed E-state index contributed by atoms with van der Waals surface area (Å²) in [6, 6.07) is 9.52. The second kappa shape index (κ2) is 5.69. The van der Waals surface area contributed by atoms with Gasteiger partial charge in [-0.05, 0) is 34.0 Å². The zero-order valence-corrected chi connectivity index (χ0v) is 11.1. The Kier molecular flexibility index (Phi) is 3.99. The highest BCUT2D eigenvalue weighted by atomic mass is 32.1. The van der Waals surface area contributed by atoms with Gasteiger partial charge in [-0.2, -0.15) is 11.3 Å². The molecule has 0 spiro atoms. The maximum absolute atomic E-state index is 12.1. The van der Waals surface area contributed by atoms with Crippen molar-refractivity contribution in [3.8, 4) is 0 Å². The Balaban J connectivity index is 1.98. The van der Waals surface area contributed by atoms with E-state index in [0.717, 1.165) is 11.1 Å².